The van der Waals surface area contributed by atoms with Crippen molar-refractivity contribution in [1.82, 2.24) is 0 Å². The van der Waals surface area contributed by atoms with Crippen LogP contribution < -0.4 is 0 Å². The van der Waals surface area contributed by atoms with Crippen molar-refractivity contribution >= 4 is 35.0 Å². The summed E-state index contributed by atoms with van der Waals surface area (Å²) in [7, 11) is 1.25. The summed E-state index contributed by atoms with van der Waals surface area (Å²) >= 11 is 0. The minimum Gasteiger partial charge on any atom is -0.511 e. The van der Waals surface area contributed by atoms with E-state index in [2.05, 4.69) is 0 Å². The molecule has 5 N–H and O–H groups in total. The van der Waals surface area contributed by atoms with Crippen molar-refractivity contribution in [1.29, 1.82) is 0 Å². The fourth-order valence-electron chi connectivity index (χ4n) is 7.71. The Morgan fingerprint density at radius 3 is 2.16 bits per heavy atom. The molecule has 0 amide bonds. The quantitative estimate of drug-likeness (QED) is 0.253. The van der Waals surface area contributed by atoms with Crippen molar-refractivity contribution in [3.8, 4) is 5.75 Å². The van der Waals surface area contributed by atoms with Crippen LogP contribution in [0.25, 0.3) is 11.6 Å². The maximum absolute atomic E-state index is 14.2. The summed E-state index contributed by atoms with van der Waals surface area (Å²) in [6, 6.07) is 10.6. The van der Waals surface area contributed by atoms with Gasteiger partial charge in [0.05, 0.1) is 35.3 Å². The minimum absolute atomic E-state index is 0.225. The van der Waals surface area contributed by atoms with Crippen molar-refractivity contribution < 1.29 is 49.4 Å². The highest BCUT2D eigenvalue weighted by Crippen LogP contribution is 2.67. The Balaban J connectivity index is 1.91. The zero-order valence-electron chi connectivity index (χ0n) is 25.1. The Morgan fingerprint density at radius 1 is 1.00 bits per heavy atom. The molecule has 1 unspecified atom stereocenters. The Labute approximate surface area is 253 Å². The van der Waals surface area contributed by atoms with Crippen molar-refractivity contribution in [3.05, 3.63) is 87.4 Å². The van der Waals surface area contributed by atoms with E-state index in [-0.39, 0.29) is 22.3 Å². The van der Waals surface area contributed by atoms with Gasteiger partial charge in [-0.2, -0.15) is 0 Å². The van der Waals surface area contributed by atoms with Gasteiger partial charge in [-0.05, 0) is 54.7 Å². The Morgan fingerprint density at radius 2 is 1.61 bits per heavy atom. The molecule has 0 fully saturated rings. The van der Waals surface area contributed by atoms with E-state index in [0.29, 0.717) is 5.56 Å². The maximum atomic E-state index is 14.2. The van der Waals surface area contributed by atoms with Gasteiger partial charge < -0.3 is 30.3 Å². The van der Waals surface area contributed by atoms with Gasteiger partial charge in [0.25, 0.3) is 0 Å². The van der Waals surface area contributed by atoms with Crippen LogP contribution in [0.1, 0.15) is 66.5 Å². The molecule has 0 bridgehead atoms. The van der Waals surface area contributed by atoms with Crippen LogP contribution in [0.5, 0.6) is 5.75 Å². The molecule has 10 nitrogen and oxygen atoms in total. The Kier molecular flexibility index (Phi) is 7.02. The number of ketones is 3. The van der Waals surface area contributed by atoms with Gasteiger partial charge in [0.2, 0.25) is 5.78 Å². The van der Waals surface area contributed by atoms with E-state index in [9.17, 15) is 44.7 Å². The molecule has 2 aromatic rings. The molecule has 5 atom stereocenters. The van der Waals surface area contributed by atoms with Crippen LogP contribution in [0, 0.1) is 22.7 Å². The average molecular weight is 603 g/mol. The van der Waals surface area contributed by atoms with E-state index in [1.54, 1.807) is 38.1 Å². The van der Waals surface area contributed by atoms with E-state index in [4.69, 9.17) is 4.74 Å². The fraction of sp³-hybridized carbons (Fsp3) is 0.353. The van der Waals surface area contributed by atoms with Gasteiger partial charge in [0, 0.05) is 11.3 Å². The SMILES string of the molecule is COC(=O)c1ccc(/C=C2\c3cccc(O)c3C(=O)C3=C(O)[C@@]4(O)C(=O)C(C(C)=O)=C(O)C(C(C)C)[C@@]4(C)[C@H](O)[C@]32C)cc1. The number of hydrogen-bond donors (Lipinski definition) is 5. The highest BCUT2D eigenvalue weighted by molar-refractivity contribution is 6.26. The van der Waals surface area contributed by atoms with Crippen LogP contribution in [0.15, 0.2) is 65.1 Å². The zero-order valence-corrected chi connectivity index (χ0v) is 25.1. The van der Waals surface area contributed by atoms with Crippen molar-refractivity contribution in [2.45, 2.75) is 46.3 Å². The number of phenolic OH excluding ortho intramolecular Hbond substituents is 1. The summed E-state index contributed by atoms with van der Waals surface area (Å²) in [5.41, 5.74) is -7.10. The van der Waals surface area contributed by atoms with Gasteiger partial charge in [-0.25, -0.2) is 4.79 Å². The van der Waals surface area contributed by atoms with Gasteiger partial charge in [0.15, 0.2) is 17.2 Å². The highest BCUT2D eigenvalue weighted by atomic mass is 16.5. The van der Waals surface area contributed by atoms with Gasteiger partial charge in [0.1, 0.15) is 22.8 Å². The number of carbonyl (C=O) groups excluding carboxylic acids is 4. The number of rotatable bonds is 4. The standard InChI is InChI=1S/C34H34O10/c1-15(2)24-26(37)22(16(3)35)28(39)34(43)29(40)25-27(38)23-19(8-7-9-21(23)36)20(32(25,4)31(42)33(24,34)5)14-17-10-12-18(13-11-17)30(41)44-6/h7-15,24,31,36-37,40,42-43H,1-6H3/b20-14+/t24?,31-,32+,33+,34+/m1/s1. The number of hydrogen-bond acceptors (Lipinski definition) is 10. The number of phenols is 1. The van der Waals surface area contributed by atoms with Crippen molar-refractivity contribution in [2.24, 2.45) is 22.7 Å². The second-order valence-electron chi connectivity index (χ2n) is 12.4. The van der Waals surface area contributed by atoms with E-state index in [1.807, 2.05) is 0 Å². The van der Waals surface area contributed by atoms with Gasteiger partial charge in [-0.15, -0.1) is 0 Å². The van der Waals surface area contributed by atoms with E-state index >= 15 is 0 Å². The fourth-order valence-corrected chi connectivity index (χ4v) is 7.71. The first-order valence-electron chi connectivity index (χ1n) is 14.1. The number of aliphatic hydroxyl groups excluding tert-OH is 3. The number of Topliss-reactive ketones (excluding diaryl/α,β-unsaturated/α-hetero) is 3. The van der Waals surface area contributed by atoms with Crippen LogP contribution in [-0.4, -0.2) is 67.7 Å². The molecule has 0 spiro atoms. The predicted octanol–water partition coefficient (Wildman–Crippen LogP) is 4.10. The Bertz CT molecular complexity index is 1740. The summed E-state index contributed by atoms with van der Waals surface area (Å²) in [4.78, 5) is 52.7. The van der Waals surface area contributed by atoms with Gasteiger partial charge in [-0.1, -0.05) is 51.1 Å². The number of ether oxygens (including phenoxy) is 1. The molecule has 5 rings (SSSR count). The molecule has 0 heterocycles. The van der Waals surface area contributed by atoms with Crippen LogP contribution in [0.3, 0.4) is 0 Å². The molecule has 0 radical (unpaired) electrons. The molecular weight excluding hydrogens is 568 g/mol. The molecule has 44 heavy (non-hydrogen) atoms. The molecule has 0 aromatic heterocycles. The number of esters is 1. The second-order valence-corrected chi connectivity index (χ2v) is 12.4. The van der Waals surface area contributed by atoms with Gasteiger partial charge >= 0.3 is 5.97 Å². The molecular formula is C34H34O10. The van der Waals surface area contributed by atoms with Crippen LogP contribution in [0.4, 0.5) is 0 Å². The number of aromatic hydroxyl groups is 1. The first kappa shape index (κ1) is 30.9. The van der Waals surface area contributed by atoms with E-state index in [0.717, 1.165) is 6.92 Å². The lowest BCUT2D eigenvalue weighted by atomic mass is 9.42. The summed E-state index contributed by atoms with van der Waals surface area (Å²) < 4.78 is 4.77. The minimum atomic E-state index is -2.99. The van der Waals surface area contributed by atoms with Crippen LogP contribution >= 0.6 is 0 Å². The summed E-state index contributed by atoms with van der Waals surface area (Å²) in [6.45, 7) is 7.20. The molecule has 3 aliphatic carbocycles. The molecule has 0 saturated heterocycles. The smallest absolute Gasteiger partial charge is 0.337 e. The normalized spacial score (nSPS) is 30.7. The number of aliphatic hydroxyl groups is 4. The average Bonchev–Trinajstić information content (AvgIpc) is 2.96. The second kappa shape index (κ2) is 10.0. The van der Waals surface area contributed by atoms with E-state index in [1.165, 1.54) is 45.2 Å². The highest BCUT2D eigenvalue weighted by Gasteiger charge is 2.75. The van der Waals surface area contributed by atoms with E-state index < -0.39 is 86.1 Å². The Hall–Kier alpha value is -4.54. The lowest BCUT2D eigenvalue weighted by molar-refractivity contribution is -0.202. The lowest BCUT2D eigenvalue weighted by Gasteiger charge is -2.62. The lowest BCUT2D eigenvalue weighted by Crippen LogP contribution is -2.73. The molecule has 230 valence electrons. The number of allylic oxidation sites excluding steroid dienone is 1. The largest absolute Gasteiger partial charge is 0.511 e. The molecule has 2 aromatic carbocycles. The van der Waals surface area contributed by atoms with Crippen LogP contribution in [0.2, 0.25) is 0 Å². The third-order valence-electron chi connectivity index (χ3n) is 9.75. The third-order valence-corrected chi connectivity index (χ3v) is 9.75. The first-order chi connectivity index (χ1) is 20.5. The number of benzene rings is 2. The van der Waals surface area contributed by atoms with Crippen molar-refractivity contribution in [3.63, 3.8) is 0 Å². The molecule has 10 heteroatoms. The number of methoxy groups -OCH3 is 1. The maximum Gasteiger partial charge on any atom is 0.337 e. The first-order valence-corrected chi connectivity index (χ1v) is 14.1. The zero-order chi connectivity index (χ0) is 32.7. The number of fused-ring (bicyclic) bond motifs is 3. The molecule has 3 aliphatic rings. The summed E-state index contributed by atoms with van der Waals surface area (Å²) in [5, 5.41) is 58.9. The summed E-state index contributed by atoms with van der Waals surface area (Å²) in [6.07, 6.45) is -0.209. The third kappa shape index (κ3) is 3.67. The topological polar surface area (TPSA) is 179 Å². The van der Waals surface area contributed by atoms with Gasteiger partial charge in [-0.3, -0.25) is 14.4 Å². The predicted molar refractivity (Wildman–Crippen MR) is 159 cm³/mol. The van der Waals surface area contributed by atoms with Crippen molar-refractivity contribution in [2.75, 3.05) is 7.11 Å². The number of carbonyl (C=O) groups is 4. The molecule has 0 aliphatic heterocycles. The summed E-state index contributed by atoms with van der Waals surface area (Å²) in [5.74, 6) is -7.60. The van der Waals surface area contributed by atoms with Crippen LogP contribution in [-0.2, 0) is 14.3 Å². The monoisotopic (exact) mass is 602 g/mol. The molecule has 0 saturated carbocycles.